The van der Waals surface area contributed by atoms with Crippen molar-refractivity contribution >= 4 is 11.6 Å². The van der Waals surface area contributed by atoms with Crippen LogP contribution >= 0.6 is 0 Å². The summed E-state index contributed by atoms with van der Waals surface area (Å²) in [5, 5.41) is 3.11. The van der Waals surface area contributed by atoms with Crippen molar-refractivity contribution in [1.82, 2.24) is 5.32 Å². The zero-order valence-corrected chi connectivity index (χ0v) is 13.2. The third-order valence-corrected chi connectivity index (χ3v) is 3.74. The molecule has 1 atom stereocenters. The molecular weight excluding hydrogens is 264 g/mol. The summed E-state index contributed by atoms with van der Waals surface area (Å²) in [6.45, 7) is 4.37. The largest absolute Gasteiger partial charge is 0.383 e. The minimum absolute atomic E-state index is 0.163. The number of aryl methyl sites for hydroxylation is 1. The van der Waals surface area contributed by atoms with E-state index in [0.29, 0.717) is 19.1 Å². The molecule has 1 aliphatic rings. The first-order valence-corrected chi connectivity index (χ1v) is 7.48. The topological polar surface area (TPSA) is 62.9 Å². The number of aliphatic imine (C=N–C) groups is 1. The molecule has 0 saturated heterocycles. The SMILES string of the molecule is COCC(C)NC(N)=NCc1ccc2c(c1)CCCN2C. The number of methoxy groups -OCH3 is 1. The van der Waals surface area contributed by atoms with Gasteiger partial charge in [-0.1, -0.05) is 12.1 Å². The molecule has 1 heterocycles. The van der Waals surface area contributed by atoms with Crippen molar-refractivity contribution in [1.29, 1.82) is 0 Å². The van der Waals surface area contributed by atoms with E-state index < -0.39 is 0 Å². The minimum atomic E-state index is 0.163. The average Bonchev–Trinajstić information content (AvgIpc) is 2.45. The Morgan fingerprint density at radius 2 is 2.33 bits per heavy atom. The maximum Gasteiger partial charge on any atom is 0.189 e. The fourth-order valence-corrected chi connectivity index (χ4v) is 2.70. The molecular formula is C16H26N4O. The van der Waals surface area contributed by atoms with Crippen LogP contribution in [-0.2, 0) is 17.7 Å². The number of anilines is 1. The first-order chi connectivity index (χ1) is 10.1. The summed E-state index contributed by atoms with van der Waals surface area (Å²) in [6, 6.07) is 6.74. The molecule has 3 N–H and O–H groups in total. The molecule has 5 nitrogen and oxygen atoms in total. The fourth-order valence-electron chi connectivity index (χ4n) is 2.70. The van der Waals surface area contributed by atoms with Gasteiger partial charge >= 0.3 is 0 Å². The van der Waals surface area contributed by atoms with E-state index in [0.717, 1.165) is 13.0 Å². The summed E-state index contributed by atoms with van der Waals surface area (Å²) in [6.07, 6.45) is 2.37. The Morgan fingerprint density at radius 3 is 3.10 bits per heavy atom. The van der Waals surface area contributed by atoms with E-state index in [2.05, 4.69) is 40.5 Å². The van der Waals surface area contributed by atoms with Gasteiger partial charge in [0.1, 0.15) is 0 Å². The smallest absolute Gasteiger partial charge is 0.189 e. The van der Waals surface area contributed by atoms with Crippen molar-refractivity contribution in [3.8, 4) is 0 Å². The zero-order chi connectivity index (χ0) is 15.2. The fraction of sp³-hybridized carbons (Fsp3) is 0.562. The molecule has 1 aromatic rings. The van der Waals surface area contributed by atoms with Gasteiger partial charge in [0.05, 0.1) is 13.2 Å². The quantitative estimate of drug-likeness (QED) is 0.637. The van der Waals surface area contributed by atoms with E-state index in [9.17, 15) is 0 Å². The van der Waals surface area contributed by atoms with Gasteiger partial charge in [0.2, 0.25) is 0 Å². The number of nitrogens with zero attached hydrogens (tertiary/aromatic N) is 2. The van der Waals surface area contributed by atoms with Crippen molar-refractivity contribution in [3.63, 3.8) is 0 Å². The second kappa shape index (κ2) is 7.31. The standard InChI is InChI=1S/C16H26N4O/c1-12(11-21-3)19-16(17)18-10-13-6-7-15-14(9-13)5-4-8-20(15)2/h6-7,9,12H,4-5,8,10-11H2,1-3H3,(H3,17,18,19). The first kappa shape index (κ1) is 15.6. The van der Waals surface area contributed by atoms with Crippen LogP contribution in [0, 0.1) is 0 Å². The maximum atomic E-state index is 5.89. The van der Waals surface area contributed by atoms with Gasteiger partial charge in [0, 0.05) is 32.4 Å². The molecule has 21 heavy (non-hydrogen) atoms. The average molecular weight is 290 g/mol. The molecule has 0 spiro atoms. The Hall–Kier alpha value is -1.75. The van der Waals surface area contributed by atoms with E-state index in [4.69, 9.17) is 10.5 Å². The number of hydrogen-bond acceptors (Lipinski definition) is 3. The van der Waals surface area contributed by atoms with E-state index in [1.807, 2.05) is 6.92 Å². The monoisotopic (exact) mass is 290 g/mol. The van der Waals surface area contributed by atoms with Crippen LogP contribution < -0.4 is 16.0 Å². The number of rotatable bonds is 5. The predicted octanol–water partition coefficient (Wildman–Crippen LogP) is 1.51. The van der Waals surface area contributed by atoms with Gasteiger partial charge in [-0.25, -0.2) is 4.99 Å². The van der Waals surface area contributed by atoms with Gasteiger partial charge in [0.25, 0.3) is 0 Å². The second-order valence-corrected chi connectivity index (χ2v) is 5.69. The third kappa shape index (κ3) is 4.36. The Kier molecular flexibility index (Phi) is 5.44. The van der Waals surface area contributed by atoms with Crippen molar-refractivity contribution in [2.75, 3.05) is 32.2 Å². The highest BCUT2D eigenvalue weighted by Gasteiger charge is 2.13. The summed E-state index contributed by atoms with van der Waals surface area (Å²) in [7, 11) is 3.82. The van der Waals surface area contributed by atoms with E-state index in [-0.39, 0.29) is 6.04 Å². The summed E-state index contributed by atoms with van der Waals surface area (Å²) < 4.78 is 5.06. The van der Waals surface area contributed by atoms with E-state index >= 15 is 0 Å². The molecule has 0 saturated carbocycles. The second-order valence-electron chi connectivity index (χ2n) is 5.69. The van der Waals surface area contributed by atoms with Crippen LogP contribution in [0.1, 0.15) is 24.5 Å². The number of guanidine groups is 1. The first-order valence-electron chi connectivity index (χ1n) is 7.48. The van der Waals surface area contributed by atoms with Gasteiger partial charge in [-0.15, -0.1) is 0 Å². The van der Waals surface area contributed by atoms with Crippen LogP contribution in [0.3, 0.4) is 0 Å². The molecule has 0 aromatic heterocycles. The van der Waals surface area contributed by atoms with Gasteiger partial charge < -0.3 is 20.7 Å². The lowest BCUT2D eigenvalue weighted by molar-refractivity contribution is 0.179. The van der Waals surface area contributed by atoms with Crippen LogP contribution in [-0.4, -0.2) is 39.3 Å². The van der Waals surface area contributed by atoms with Gasteiger partial charge in [-0.05, 0) is 37.0 Å². The van der Waals surface area contributed by atoms with Crippen molar-refractivity contribution in [2.45, 2.75) is 32.4 Å². The molecule has 1 aromatic carbocycles. The Balaban J connectivity index is 1.97. The summed E-state index contributed by atoms with van der Waals surface area (Å²) >= 11 is 0. The maximum absolute atomic E-state index is 5.89. The molecule has 2 rings (SSSR count). The summed E-state index contributed by atoms with van der Waals surface area (Å²) in [5.41, 5.74) is 9.84. The lowest BCUT2D eigenvalue weighted by Gasteiger charge is -2.27. The van der Waals surface area contributed by atoms with Gasteiger partial charge in [-0.3, -0.25) is 0 Å². The highest BCUT2D eigenvalue weighted by molar-refractivity contribution is 5.78. The van der Waals surface area contributed by atoms with Crippen molar-refractivity contribution < 1.29 is 4.74 Å². The highest BCUT2D eigenvalue weighted by Crippen LogP contribution is 2.26. The highest BCUT2D eigenvalue weighted by atomic mass is 16.5. The van der Waals surface area contributed by atoms with E-state index in [1.165, 1.54) is 23.2 Å². The summed E-state index contributed by atoms with van der Waals surface area (Å²) in [4.78, 5) is 6.71. The predicted molar refractivity (Wildman–Crippen MR) is 87.8 cm³/mol. The molecule has 5 heteroatoms. The lowest BCUT2D eigenvalue weighted by atomic mass is 10.00. The van der Waals surface area contributed by atoms with Crippen LogP contribution in [0.15, 0.2) is 23.2 Å². The summed E-state index contributed by atoms with van der Waals surface area (Å²) in [5.74, 6) is 0.467. The molecule has 0 bridgehead atoms. The normalized spacial score (nSPS) is 16.5. The third-order valence-electron chi connectivity index (χ3n) is 3.74. The molecule has 1 aliphatic heterocycles. The Labute approximate surface area is 127 Å². The van der Waals surface area contributed by atoms with Crippen LogP contribution in [0.2, 0.25) is 0 Å². The molecule has 0 aliphatic carbocycles. The Morgan fingerprint density at radius 1 is 1.52 bits per heavy atom. The Bertz CT molecular complexity index is 501. The lowest BCUT2D eigenvalue weighted by Crippen LogP contribution is -2.40. The number of fused-ring (bicyclic) bond motifs is 1. The molecule has 0 radical (unpaired) electrons. The molecule has 0 amide bonds. The molecule has 1 unspecified atom stereocenters. The minimum Gasteiger partial charge on any atom is -0.383 e. The van der Waals surface area contributed by atoms with Crippen LogP contribution in [0.4, 0.5) is 5.69 Å². The van der Waals surface area contributed by atoms with E-state index in [1.54, 1.807) is 7.11 Å². The van der Waals surface area contributed by atoms with Crippen molar-refractivity contribution in [2.24, 2.45) is 10.7 Å². The van der Waals surface area contributed by atoms with Crippen LogP contribution in [0.5, 0.6) is 0 Å². The number of nitrogens with one attached hydrogen (secondary N) is 1. The number of hydrogen-bond donors (Lipinski definition) is 2. The number of nitrogens with two attached hydrogens (primary N) is 1. The molecule has 116 valence electrons. The zero-order valence-electron chi connectivity index (χ0n) is 13.2. The van der Waals surface area contributed by atoms with Crippen LogP contribution in [0.25, 0.3) is 0 Å². The van der Waals surface area contributed by atoms with Gasteiger partial charge in [-0.2, -0.15) is 0 Å². The number of ether oxygens (including phenoxy) is 1. The van der Waals surface area contributed by atoms with Gasteiger partial charge in [0.15, 0.2) is 5.96 Å². The molecule has 0 fully saturated rings. The van der Waals surface area contributed by atoms with Crippen molar-refractivity contribution in [3.05, 3.63) is 29.3 Å². The number of benzene rings is 1.